The molecule has 0 aliphatic rings. The van der Waals surface area contributed by atoms with E-state index in [-0.39, 0.29) is 0 Å². The molecule has 56 valence electrons. The van der Waals surface area contributed by atoms with Gasteiger partial charge < -0.3 is 5.41 Å². The lowest BCUT2D eigenvalue weighted by Crippen LogP contribution is -1.79. The molecule has 0 spiro atoms. The molecule has 0 saturated heterocycles. The molecule has 0 atom stereocenters. The van der Waals surface area contributed by atoms with E-state index in [2.05, 4.69) is 19.1 Å². The Morgan fingerprint density at radius 3 is 2.30 bits per heavy atom. The van der Waals surface area contributed by atoms with Gasteiger partial charge in [0.25, 0.3) is 0 Å². The fourth-order valence-electron chi connectivity index (χ4n) is 0.540. The van der Waals surface area contributed by atoms with Crippen LogP contribution in [0.4, 0.5) is 0 Å². The average Bonchev–Trinajstić information content (AvgIpc) is 1.98. The SMILES string of the molecule is CC/C=C\C(C)=C(\C)C=N. The predicted molar refractivity (Wildman–Crippen MR) is 46.6 cm³/mol. The molecule has 0 saturated carbocycles. The summed E-state index contributed by atoms with van der Waals surface area (Å²) < 4.78 is 0. The summed E-state index contributed by atoms with van der Waals surface area (Å²) in [5, 5.41) is 6.96. The molecule has 0 unspecified atom stereocenters. The first-order chi connectivity index (χ1) is 4.72. The van der Waals surface area contributed by atoms with Gasteiger partial charge in [-0.3, -0.25) is 0 Å². The molecule has 0 aliphatic heterocycles. The van der Waals surface area contributed by atoms with Crippen molar-refractivity contribution >= 4 is 6.21 Å². The third-order valence-electron chi connectivity index (χ3n) is 1.44. The zero-order valence-electron chi connectivity index (χ0n) is 6.94. The summed E-state index contributed by atoms with van der Waals surface area (Å²) in [6, 6.07) is 0. The predicted octanol–water partition coefficient (Wildman–Crippen LogP) is 2.94. The van der Waals surface area contributed by atoms with Crippen LogP contribution in [0, 0.1) is 5.41 Å². The van der Waals surface area contributed by atoms with Gasteiger partial charge in [-0.05, 0) is 31.4 Å². The van der Waals surface area contributed by atoms with E-state index in [0.717, 1.165) is 12.0 Å². The Hall–Kier alpha value is -0.850. The van der Waals surface area contributed by atoms with Crippen LogP contribution in [0.3, 0.4) is 0 Å². The highest BCUT2D eigenvalue weighted by molar-refractivity contribution is 5.76. The maximum Gasteiger partial charge on any atom is 0.0209 e. The van der Waals surface area contributed by atoms with E-state index in [1.54, 1.807) is 0 Å². The van der Waals surface area contributed by atoms with Gasteiger partial charge >= 0.3 is 0 Å². The third-order valence-corrected chi connectivity index (χ3v) is 1.44. The average molecular weight is 137 g/mol. The van der Waals surface area contributed by atoms with Crippen LogP contribution in [0.1, 0.15) is 27.2 Å². The van der Waals surface area contributed by atoms with E-state index in [0.29, 0.717) is 0 Å². The fraction of sp³-hybridized carbons (Fsp3) is 0.444. The van der Waals surface area contributed by atoms with Crippen molar-refractivity contribution in [2.75, 3.05) is 0 Å². The second kappa shape index (κ2) is 4.98. The molecule has 0 bridgehead atoms. The Labute approximate surface area is 63.0 Å². The summed E-state index contributed by atoms with van der Waals surface area (Å²) in [6.45, 7) is 6.07. The summed E-state index contributed by atoms with van der Waals surface area (Å²) in [4.78, 5) is 0. The van der Waals surface area contributed by atoms with E-state index < -0.39 is 0 Å². The van der Waals surface area contributed by atoms with Crippen molar-refractivity contribution in [1.82, 2.24) is 0 Å². The molecule has 1 heteroatoms. The van der Waals surface area contributed by atoms with Crippen LogP contribution in [0.25, 0.3) is 0 Å². The molecule has 0 aromatic carbocycles. The Morgan fingerprint density at radius 2 is 1.90 bits per heavy atom. The highest BCUT2D eigenvalue weighted by Crippen LogP contribution is 2.01. The van der Waals surface area contributed by atoms with Crippen LogP contribution >= 0.6 is 0 Å². The van der Waals surface area contributed by atoms with Crippen LogP contribution in [-0.4, -0.2) is 6.21 Å². The summed E-state index contributed by atoms with van der Waals surface area (Å²) in [5.74, 6) is 0. The molecule has 0 heterocycles. The van der Waals surface area contributed by atoms with Crippen molar-refractivity contribution < 1.29 is 0 Å². The minimum Gasteiger partial charge on any atom is -0.308 e. The highest BCUT2D eigenvalue weighted by atomic mass is 14.3. The minimum absolute atomic E-state index is 1.03. The van der Waals surface area contributed by atoms with Crippen molar-refractivity contribution in [3.8, 4) is 0 Å². The molecule has 0 fully saturated rings. The number of nitrogens with one attached hydrogen (secondary N) is 1. The van der Waals surface area contributed by atoms with Gasteiger partial charge in [-0.25, -0.2) is 0 Å². The lowest BCUT2D eigenvalue weighted by atomic mass is 10.1. The smallest absolute Gasteiger partial charge is 0.0209 e. The van der Waals surface area contributed by atoms with Gasteiger partial charge in [0.2, 0.25) is 0 Å². The van der Waals surface area contributed by atoms with E-state index in [4.69, 9.17) is 5.41 Å². The molecular weight excluding hydrogens is 122 g/mol. The maximum absolute atomic E-state index is 6.96. The van der Waals surface area contributed by atoms with Crippen molar-refractivity contribution in [2.45, 2.75) is 27.2 Å². The standard InChI is InChI=1S/C9H15N/c1-4-5-6-8(2)9(3)7-10/h5-7,10H,4H2,1-3H3/b6-5-,9-8-,10-7?. The zero-order valence-corrected chi connectivity index (χ0v) is 6.94. The summed E-state index contributed by atoms with van der Waals surface area (Å²) in [5.41, 5.74) is 2.21. The normalized spacial score (nSPS) is 13.5. The van der Waals surface area contributed by atoms with Crippen LogP contribution in [0.2, 0.25) is 0 Å². The topological polar surface area (TPSA) is 23.9 Å². The fourth-order valence-corrected chi connectivity index (χ4v) is 0.540. The van der Waals surface area contributed by atoms with Gasteiger partial charge in [0.1, 0.15) is 0 Å². The molecule has 0 rings (SSSR count). The second-order valence-electron chi connectivity index (χ2n) is 2.32. The monoisotopic (exact) mass is 137 g/mol. The van der Waals surface area contributed by atoms with Crippen LogP contribution in [0.5, 0.6) is 0 Å². The maximum atomic E-state index is 6.96. The lowest BCUT2D eigenvalue weighted by Gasteiger charge is -1.93. The van der Waals surface area contributed by atoms with Crippen molar-refractivity contribution in [3.63, 3.8) is 0 Å². The molecule has 10 heavy (non-hydrogen) atoms. The molecular formula is C9H15N. The van der Waals surface area contributed by atoms with Crippen molar-refractivity contribution in [2.24, 2.45) is 0 Å². The lowest BCUT2D eigenvalue weighted by molar-refractivity contribution is 1.21. The summed E-state index contributed by atoms with van der Waals surface area (Å²) >= 11 is 0. The van der Waals surface area contributed by atoms with Gasteiger partial charge in [0, 0.05) is 6.21 Å². The molecule has 0 aromatic rings. The number of allylic oxidation sites excluding steroid dienone is 4. The van der Waals surface area contributed by atoms with Gasteiger partial charge in [0.05, 0.1) is 0 Å². The third kappa shape index (κ3) is 3.23. The highest BCUT2D eigenvalue weighted by Gasteiger charge is 1.85. The number of rotatable bonds is 3. The Balaban J connectivity index is 4.17. The molecule has 1 N–H and O–H groups in total. The van der Waals surface area contributed by atoms with Crippen LogP contribution in [-0.2, 0) is 0 Å². The van der Waals surface area contributed by atoms with Crippen LogP contribution < -0.4 is 0 Å². The summed E-state index contributed by atoms with van der Waals surface area (Å²) in [7, 11) is 0. The van der Waals surface area contributed by atoms with Gasteiger partial charge in [-0.1, -0.05) is 19.1 Å². The first-order valence-electron chi connectivity index (χ1n) is 3.56. The van der Waals surface area contributed by atoms with E-state index in [9.17, 15) is 0 Å². The second-order valence-corrected chi connectivity index (χ2v) is 2.32. The Bertz CT molecular complexity index is 164. The largest absolute Gasteiger partial charge is 0.308 e. The molecule has 0 radical (unpaired) electrons. The Morgan fingerprint density at radius 1 is 1.30 bits per heavy atom. The number of hydrogen-bond acceptors (Lipinski definition) is 1. The molecule has 0 aromatic heterocycles. The van der Waals surface area contributed by atoms with Gasteiger partial charge in [-0.2, -0.15) is 0 Å². The molecule has 1 nitrogen and oxygen atoms in total. The van der Waals surface area contributed by atoms with Gasteiger partial charge in [-0.15, -0.1) is 0 Å². The molecule has 0 aliphatic carbocycles. The summed E-state index contributed by atoms with van der Waals surface area (Å²) in [6.07, 6.45) is 6.60. The van der Waals surface area contributed by atoms with Gasteiger partial charge in [0.15, 0.2) is 0 Å². The molecule has 0 amide bonds. The quantitative estimate of drug-likeness (QED) is 0.457. The first kappa shape index (κ1) is 9.15. The van der Waals surface area contributed by atoms with Crippen molar-refractivity contribution in [1.29, 1.82) is 5.41 Å². The minimum atomic E-state index is 1.03. The zero-order chi connectivity index (χ0) is 7.98. The van der Waals surface area contributed by atoms with E-state index in [1.807, 2.05) is 13.8 Å². The van der Waals surface area contributed by atoms with E-state index >= 15 is 0 Å². The first-order valence-corrected chi connectivity index (χ1v) is 3.56. The van der Waals surface area contributed by atoms with E-state index in [1.165, 1.54) is 11.8 Å². The Kier molecular flexibility index (Phi) is 4.55. The van der Waals surface area contributed by atoms with Crippen LogP contribution in [0.15, 0.2) is 23.3 Å². The number of hydrogen-bond donors (Lipinski definition) is 1. The van der Waals surface area contributed by atoms with Crippen molar-refractivity contribution in [3.05, 3.63) is 23.3 Å².